The molecule has 1 aromatic heterocycles. The first-order valence-electron chi connectivity index (χ1n) is 8.52. The van der Waals surface area contributed by atoms with Gasteiger partial charge in [0.15, 0.2) is 5.69 Å². The summed E-state index contributed by atoms with van der Waals surface area (Å²) in [4.78, 5) is 25.7. The first-order valence-corrected chi connectivity index (χ1v) is 8.52. The molecule has 0 saturated carbocycles. The molecule has 3 rings (SSSR count). The molecule has 7 nitrogen and oxygen atoms in total. The van der Waals surface area contributed by atoms with Gasteiger partial charge in [-0.15, -0.1) is 0 Å². The molecule has 2 unspecified atom stereocenters. The van der Waals surface area contributed by atoms with Gasteiger partial charge in [0.05, 0.1) is 11.8 Å². The van der Waals surface area contributed by atoms with Gasteiger partial charge in [0.25, 0.3) is 5.91 Å². The Morgan fingerprint density at radius 2 is 1.81 bits per heavy atom. The molecule has 1 aromatic carbocycles. The quantitative estimate of drug-likeness (QED) is 0.906. The van der Waals surface area contributed by atoms with Crippen LogP contribution in [0.4, 0.5) is 0 Å². The van der Waals surface area contributed by atoms with E-state index in [1.165, 1.54) is 12.0 Å². The third kappa shape index (κ3) is 3.35. The summed E-state index contributed by atoms with van der Waals surface area (Å²) in [6, 6.07) is 6.87. The number of methoxy groups -OCH3 is 1. The summed E-state index contributed by atoms with van der Waals surface area (Å²) in [6.45, 7) is 6.14. The number of benzene rings is 1. The van der Waals surface area contributed by atoms with Crippen LogP contribution in [0.3, 0.4) is 0 Å². The van der Waals surface area contributed by atoms with E-state index < -0.39 is 12.0 Å². The van der Waals surface area contributed by atoms with Crippen LogP contribution in [-0.4, -0.2) is 57.5 Å². The number of aryl methyl sites for hydroxylation is 3. The van der Waals surface area contributed by atoms with E-state index in [9.17, 15) is 14.7 Å². The highest BCUT2D eigenvalue weighted by atomic mass is 16.5. The number of hydrogen-bond donors (Lipinski definition) is 1. The van der Waals surface area contributed by atoms with E-state index in [4.69, 9.17) is 4.74 Å². The molecule has 1 aliphatic heterocycles. The Morgan fingerprint density at radius 3 is 2.38 bits per heavy atom. The number of carboxylic acid groups (broad SMARTS) is 1. The van der Waals surface area contributed by atoms with Crippen LogP contribution >= 0.6 is 0 Å². The molecular weight excluding hydrogens is 334 g/mol. The summed E-state index contributed by atoms with van der Waals surface area (Å²) in [5.41, 5.74) is 4.15. The van der Waals surface area contributed by atoms with Gasteiger partial charge in [0.1, 0.15) is 6.04 Å². The Balaban J connectivity index is 1.93. The van der Waals surface area contributed by atoms with Crippen molar-refractivity contribution in [2.24, 2.45) is 0 Å². The van der Waals surface area contributed by atoms with E-state index >= 15 is 0 Å². The molecular formula is C19H23N3O4. The van der Waals surface area contributed by atoms with Crippen molar-refractivity contribution in [1.82, 2.24) is 14.7 Å². The fraction of sp³-hybridized carbons (Fsp3) is 0.421. The van der Waals surface area contributed by atoms with Gasteiger partial charge in [-0.05, 0) is 50.1 Å². The van der Waals surface area contributed by atoms with Gasteiger partial charge in [-0.25, -0.2) is 9.48 Å². The third-order valence-electron chi connectivity index (χ3n) is 4.70. The molecule has 138 valence electrons. The predicted molar refractivity (Wildman–Crippen MR) is 95.6 cm³/mol. The van der Waals surface area contributed by atoms with Crippen LogP contribution in [0.1, 0.15) is 33.7 Å². The largest absolute Gasteiger partial charge is 0.480 e. The first-order chi connectivity index (χ1) is 12.3. The highest BCUT2D eigenvalue weighted by Crippen LogP contribution is 2.23. The second kappa shape index (κ2) is 6.92. The van der Waals surface area contributed by atoms with Crippen molar-refractivity contribution in [2.45, 2.75) is 39.3 Å². The fourth-order valence-corrected chi connectivity index (χ4v) is 3.49. The normalized spacial score (nSPS) is 19.8. The number of carbonyl (C=O) groups is 2. The number of aliphatic carboxylic acids is 1. The second-order valence-electron chi connectivity index (χ2n) is 6.83. The minimum Gasteiger partial charge on any atom is -0.480 e. The topological polar surface area (TPSA) is 84.7 Å². The second-order valence-corrected chi connectivity index (χ2v) is 6.83. The van der Waals surface area contributed by atoms with Crippen molar-refractivity contribution in [3.8, 4) is 5.69 Å². The molecule has 1 amide bonds. The minimum atomic E-state index is -1.02. The van der Waals surface area contributed by atoms with Crippen LogP contribution in [0.5, 0.6) is 0 Å². The number of ether oxygens (including phenoxy) is 1. The van der Waals surface area contributed by atoms with Crippen molar-refractivity contribution in [3.63, 3.8) is 0 Å². The van der Waals surface area contributed by atoms with Crippen LogP contribution < -0.4 is 0 Å². The summed E-state index contributed by atoms with van der Waals surface area (Å²) in [5.74, 6) is -1.41. The molecule has 7 heteroatoms. The molecule has 2 atom stereocenters. The number of aromatic nitrogens is 2. The van der Waals surface area contributed by atoms with Gasteiger partial charge in [0, 0.05) is 25.8 Å². The molecule has 2 heterocycles. The molecule has 0 aliphatic carbocycles. The Bertz CT molecular complexity index is 838. The maximum Gasteiger partial charge on any atom is 0.326 e. The van der Waals surface area contributed by atoms with Crippen LogP contribution in [0, 0.1) is 20.8 Å². The fourth-order valence-electron chi connectivity index (χ4n) is 3.49. The molecule has 1 N–H and O–H groups in total. The third-order valence-corrected chi connectivity index (χ3v) is 4.70. The molecule has 1 fully saturated rings. The SMILES string of the molecule is COC1CC(C(=O)O)N(C(=O)c2cc(C)n(-c3cc(C)cc(C)c3)n2)C1. The van der Waals surface area contributed by atoms with Crippen LogP contribution in [-0.2, 0) is 9.53 Å². The standard InChI is InChI=1S/C19H23N3O4/c1-11-5-12(2)7-14(6-11)22-13(3)8-16(20-22)18(23)21-10-15(26-4)9-17(21)19(24)25/h5-8,15,17H,9-10H2,1-4H3,(H,24,25). The summed E-state index contributed by atoms with van der Waals surface area (Å²) in [7, 11) is 1.52. The molecule has 2 aromatic rings. The van der Waals surface area contributed by atoms with Crippen LogP contribution in [0.25, 0.3) is 5.69 Å². The number of likely N-dealkylation sites (tertiary alicyclic amines) is 1. The number of rotatable bonds is 4. The number of amides is 1. The Labute approximate surface area is 152 Å². The lowest BCUT2D eigenvalue weighted by Crippen LogP contribution is -2.40. The van der Waals surface area contributed by atoms with E-state index in [0.717, 1.165) is 22.5 Å². The molecule has 0 radical (unpaired) electrons. The van der Waals surface area contributed by atoms with E-state index in [1.807, 2.05) is 32.9 Å². The average molecular weight is 357 g/mol. The lowest BCUT2D eigenvalue weighted by molar-refractivity contribution is -0.141. The summed E-state index contributed by atoms with van der Waals surface area (Å²) in [5, 5.41) is 13.9. The van der Waals surface area contributed by atoms with Gasteiger partial charge < -0.3 is 14.7 Å². The summed E-state index contributed by atoms with van der Waals surface area (Å²) < 4.78 is 6.96. The maximum absolute atomic E-state index is 12.9. The van der Waals surface area contributed by atoms with E-state index in [-0.39, 0.29) is 30.7 Å². The average Bonchev–Trinajstić information content (AvgIpc) is 3.17. The van der Waals surface area contributed by atoms with Gasteiger partial charge in [0.2, 0.25) is 0 Å². The zero-order valence-corrected chi connectivity index (χ0v) is 15.4. The molecule has 1 saturated heterocycles. The highest BCUT2D eigenvalue weighted by Gasteiger charge is 2.40. The Kier molecular flexibility index (Phi) is 4.82. The molecule has 26 heavy (non-hydrogen) atoms. The monoisotopic (exact) mass is 357 g/mol. The lowest BCUT2D eigenvalue weighted by atomic mass is 10.1. The van der Waals surface area contributed by atoms with Crippen molar-refractivity contribution < 1.29 is 19.4 Å². The van der Waals surface area contributed by atoms with Crippen molar-refractivity contribution in [3.05, 3.63) is 46.8 Å². The number of carboxylic acids is 1. The predicted octanol–water partition coefficient (Wildman–Crippen LogP) is 2.11. The van der Waals surface area contributed by atoms with Gasteiger partial charge >= 0.3 is 5.97 Å². The summed E-state index contributed by atoms with van der Waals surface area (Å²) in [6.07, 6.45) is 0.0107. The molecule has 0 bridgehead atoms. The van der Waals surface area contributed by atoms with E-state index in [1.54, 1.807) is 10.7 Å². The zero-order valence-electron chi connectivity index (χ0n) is 15.4. The zero-order chi connectivity index (χ0) is 19.0. The maximum atomic E-state index is 12.9. The number of hydrogen-bond acceptors (Lipinski definition) is 4. The molecule has 0 spiro atoms. The van der Waals surface area contributed by atoms with E-state index in [2.05, 4.69) is 11.2 Å². The van der Waals surface area contributed by atoms with Gasteiger partial charge in [-0.3, -0.25) is 4.79 Å². The number of carbonyl (C=O) groups excluding carboxylic acids is 1. The highest BCUT2D eigenvalue weighted by molar-refractivity contribution is 5.95. The smallest absolute Gasteiger partial charge is 0.326 e. The van der Waals surface area contributed by atoms with Crippen molar-refractivity contribution >= 4 is 11.9 Å². The van der Waals surface area contributed by atoms with E-state index in [0.29, 0.717) is 0 Å². The molecule has 1 aliphatic rings. The van der Waals surface area contributed by atoms with Crippen molar-refractivity contribution in [2.75, 3.05) is 13.7 Å². The van der Waals surface area contributed by atoms with Gasteiger partial charge in [-0.1, -0.05) is 6.07 Å². The first kappa shape index (κ1) is 18.1. The number of nitrogens with zero attached hydrogens (tertiary/aromatic N) is 3. The Hall–Kier alpha value is -2.67. The summed E-state index contributed by atoms with van der Waals surface area (Å²) >= 11 is 0. The van der Waals surface area contributed by atoms with Crippen LogP contribution in [0.2, 0.25) is 0 Å². The minimum absolute atomic E-state index is 0.240. The lowest BCUT2D eigenvalue weighted by Gasteiger charge is -2.19. The Morgan fingerprint density at radius 1 is 1.15 bits per heavy atom. The van der Waals surface area contributed by atoms with Crippen molar-refractivity contribution in [1.29, 1.82) is 0 Å². The van der Waals surface area contributed by atoms with Crippen LogP contribution in [0.15, 0.2) is 24.3 Å². The van der Waals surface area contributed by atoms with Gasteiger partial charge in [-0.2, -0.15) is 5.10 Å².